The Balaban J connectivity index is 2.12. The summed E-state index contributed by atoms with van der Waals surface area (Å²) in [4.78, 5) is 4.14. The lowest BCUT2D eigenvalue weighted by atomic mass is 10.2. The Morgan fingerprint density at radius 1 is 1.42 bits per heavy atom. The highest BCUT2D eigenvalue weighted by molar-refractivity contribution is 6.32. The lowest BCUT2D eigenvalue weighted by Gasteiger charge is -2.13. The summed E-state index contributed by atoms with van der Waals surface area (Å²) in [5, 5.41) is 0.588. The molecule has 0 atom stereocenters. The van der Waals surface area contributed by atoms with Gasteiger partial charge in [-0.2, -0.15) is 0 Å². The van der Waals surface area contributed by atoms with Gasteiger partial charge in [0, 0.05) is 18.7 Å². The van der Waals surface area contributed by atoms with E-state index >= 15 is 0 Å². The zero-order valence-electron chi connectivity index (χ0n) is 11.0. The van der Waals surface area contributed by atoms with E-state index < -0.39 is 0 Å². The molecule has 0 bridgehead atoms. The van der Waals surface area contributed by atoms with Crippen LogP contribution in [-0.2, 0) is 19.7 Å². The zero-order chi connectivity index (χ0) is 13.7. The molecular weight excluding hydrogens is 262 g/mol. The first-order valence-corrected chi connectivity index (χ1v) is 6.73. The van der Waals surface area contributed by atoms with Crippen molar-refractivity contribution in [3.63, 3.8) is 0 Å². The summed E-state index contributed by atoms with van der Waals surface area (Å²) in [7, 11) is 0. The van der Waals surface area contributed by atoms with Crippen LogP contribution in [0.25, 0.3) is 0 Å². The van der Waals surface area contributed by atoms with Gasteiger partial charge in [0.05, 0.1) is 23.2 Å². The minimum Gasteiger partial charge on any atom is -0.485 e. The van der Waals surface area contributed by atoms with Gasteiger partial charge < -0.3 is 15.0 Å². The molecule has 0 unspecified atom stereocenters. The number of nitrogens with two attached hydrogens (primary N) is 1. The lowest BCUT2D eigenvalue weighted by Crippen LogP contribution is -2.07. The topological polar surface area (TPSA) is 53.1 Å². The molecule has 0 radical (unpaired) electrons. The zero-order valence-corrected chi connectivity index (χ0v) is 11.7. The van der Waals surface area contributed by atoms with Gasteiger partial charge in [-0.3, -0.25) is 0 Å². The first-order valence-electron chi connectivity index (χ1n) is 6.35. The van der Waals surface area contributed by atoms with Crippen molar-refractivity contribution in [3.05, 3.63) is 47.0 Å². The van der Waals surface area contributed by atoms with Gasteiger partial charge in [-0.1, -0.05) is 30.7 Å². The molecule has 2 rings (SSSR count). The average Bonchev–Trinajstić information content (AvgIpc) is 2.85. The molecule has 1 aromatic heterocycles. The van der Waals surface area contributed by atoms with Gasteiger partial charge in [-0.05, 0) is 12.5 Å². The van der Waals surface area contributed by atoms with Crippen LogP contribution in [0.15, 0.2) is 30.7 Å². The largest absolute Gasteiger partial charge is 0.485 e. The highest BCUT2D eigenvalue weighted by Gasteiger charge is 2.09. The molecule has 0 amide bonds. The predicted molar refractivity (Wildman–Crippen MR) is 76.2 cm³/mol. The van der Waals surface area contributed by atoms with Crippen molar-refractivity contribution in [2.45, 2.75) is 33.0 Å². The van der Waals surface area contributed by atoms with Gasteiger partial charge in [-0.15, -0.1) is 0 Å². The van der Waals surface area contributed by atoms with E-state index in [1.807, 2.05) is 24.7 Å². The molecule has 0 saturated heterocycles. The Hall–Kier alpha value is -1.52. The molecule has 2 N–H and O–H groups in total. The Labute approximate surface area is 118 Å². The van der Waals surface area contributed by atoms with Gasteiger partial charge in [0.25, 0.3) is 0 Å². The van der Waals surface area contributed by atoms with Crippen LogP contribution in [0.3, 0.4) is 0 Å². The van der Waals surface area contributed by atoms with E-state index in [1.165, 1.54) is 0 Å². The fraction of sp³-hybridized carbons (Fsp3) is 0.357. The smallest absolute Gasteiger partial charge is 0.142 e. The van der Waals surface area contributed by atoms with Crippen LogP contribution < -0.4 is 10.5 Å². The number of imidazole rings is 1. The Morgan fingerprint density at radius 2 is 2.26 bits per heavy atom. The number of hydrogen-bond donors (Lipinski definition) is 1. The third-order valence-corrected chi connectivity index (χ3v) is 3.19. The van der Waals surface area contributed by atoms with Crippen LogP contribution in [0.2, 0.25) is 5.02 Å². The number of hydrogen-bond acceptors (Lipinski definition) is 3. The van der Waals surface area contributed by atoms with Crippen LogP contribution in [-0.4, -0.2) is 9.55 Å². The second kappa shape index (κ2) is 6.59. The fourth-order valence-corrected chi connectivity index (χ4v) is 2.18. The van der Waals surface area contributed by atoms with E-state index in [1.54, 1.807) is 6.07 Å². The molecule has 5 heteroatoms. The minimum absolute atomic E-state index is 0.407. The van der Waals surface area contributed by atoms with Crippen molar-refractivity contribution in [3.8, 4) is 5.75 Å². The van der Waals surface area contributed by atoms with E-state index in [0.717, 1.165) is 24.2 Å². The number of halogens is 1. The van der Waals surface area contributed by atoms with Crippen LogP contribution in [0, 0.1) is 0 Å². The number of rotatable bonds is 6. The SMILES string of the molecule is CCCn1cncc1COc1c(Cl)cccc1CN. The molecule has 4 nitrogen and oxygen atoms in total. The molecule has 19 heavy (non-hydrogen) atoms. The first kappa shape index (κ1) is 13.9. The van der Waals surface area contributed by atoms with Crippen molar-refractivity contribution < 1.29 is 4.74 Å². The Bertz CT molecular complexity index is 539. The van der Waals surface area contributed by atoms with E-state index in [0.29, 0.717) is 23.9 Å². The summed E-state index contributed by atoms with van der Waals surface area (Å²) in [6, 6.07) is 5.60. The maximum atomic E-state index is 6.15. The predicted octanol–water partition coefficient (Wildman–Crippen LogP) is 2.98. The third-order valence-electron chi connectivity index (χ3n) is 2.90. The monoisotopic (exact) mass is 279 g/mol. The molecule has 0 aliphatic carbocycles. The fourth-order valence-electron chi connectivity index (χ4n) is 1.93. The number of aromatic nitrogens is 2. The maximum Gasteiger partial charge on any atom is 0.142 e. The van der Waals surface area contributed by atoms with Gasteiger partial charge in [0.2, 0.25) is 0 Å². The second-order valence-electron chi connectivity index (χ2n) is 4.30. The van der Waals surface area contributed by atoms with Gasteiger partial charge >= 0.3 is 0 Å². The van der Waals surface area contributed by atoms with Crippen LogP contribution in [0.1, 0.15) is 24.6 Å². The summed E-state index contributed by atoms with van der Waals surface area (Å²) in [6.07, 6.45) is 4.69. The summed E-state index contributed by atoms with van der Waals surface area (Å²) in [6.45, 7) is 3.91. The van der Waals surface area contributed by atoms with Crippen LogP contribution in [0.4, 0.5) is 0 Å². The summed E-state index contributed by atoms with van der Waals surface area (Å²) < 4.78 is 7.90. The molecule has 0 aliphatic heterocycles. The number of benzene rings is 1. The minimum atomic E-state index is 0.407. The molecule has 0 spiro atoms. The molecule has 0 aliphatic rings. The maximum absolute atomic E-state index is 6.15. The van der Waals surface area contributed by atoms with E-state index in [9.17, 15) is 0 Å². The standard InChI is InChI=1S/C14H18ClN3O/c1-2-6-18-10-17-8-12(18)9-19-14-11(7-16)4-3-5-13(14)15/h3-5,8,10H,2,6-7,9,16H2,1H3. The van der Waals surface area contributed by atoms with Crippen LogP contribution in [0.5, 0.6) is 5.75 Å². The van der Waals surface area contributed by atoms with Gasteiger partial charge in [-0.25, -0.2) is 4.98 Å². The molecule has 2 aromatic rings. The normalized spacial score (nSPS) is 10.7. The van der Waals surface area contributed by atoms with E-state index in [4.69, 9.17) is 22.1 Å². The number of aryl methyl sites for hydroxylation is 1. The number of para-hydroxylation sites is 1. The number of nitrogens with zero attached hydrogens (tertiary/aromatic N) is 2. The van der Waals surface area contributed by atoms with Crippen molar-refractivity contribution in [1.82, 2.24) is 9.55 Å². The van der Waals surface area contributed by atoms with Crippen molar-refractivity contribution in [2.24, 2.45) is 5.73 Å². The van der Waals surface area contributed by atoms with Gasteiger partial charge in [0.15, 0.2) is 0 Å². The van der Waals surface area contributed by atoms with E-state index in [-0.39, 0.29) is 0 Å². The Kier molecular flexibility index (Phi) is 4.82. The van der Waals surface area contributed by atoms with Crippen LogP contribution >= 0.6 is 11.6 Å². The van der Waals surface area contributed by atoms with E-state index in [2.05, 4.69) is 16.5 Å². The summed E-state index contributed by atoms with van der Waals surface area (Å²) >= 11 is 6.15. The molecule has 102 valence electrons. The van der Waals surface area contributed by atoms with Crippen molar-refractivity contribution in [1.29, 1.82) is 0 Å². The number of ether oxygens (including phenoxy) is 1. The quantitative estimate of drug-likeness (QED) is 0.884. The highest BCUT2D eigenvalue weighted by atomic mass is 35.5. The molecular formula is C14H18ClN3O. The molecule has 0 fully saturated rings. The highest BCUT2D eigenvalue weighted by Crippen LogP contribution is 2.29. The van der Waals surface area contributed by atoms with Crippen molar-refractivity contribution >= 4 is 11.6 Å². The Morgan fingerprint density at radius 3 is 3.00 bits per heavy atom. The first-order chi connectivity index (χ1) is 9.26. The van der Waals surface area contributed by atoms with Gasteiger partial charge in [0.1, 0.15) is 12.4 Å². The molecule has 1 aromatic carbocycles. The average molecular weight is 280 g/mol. The third kappa shape index (κ3) is 3.28. The summed E-state index contributed by atoms with van der Waals surface area (Å²) in [5.74, 6) is 0.663. The molecule has 0 saturated carbocycles. The molecule has 1 heterocycles. The second-order valence-corrected chi connectivity index (χ2v) is 4.71. The lowest BCUT2D eigenvalue weighted by molar-refractivity contribution is 0.292. The van der Waals surface area contributed by atoms with Crippen molar-refractivity contribution in [2.75, 3.05) is 0 Å². The summed E-state index contributed by atoms with van der Waals surface area (Å²) in [5.41, 5.74) is 7.63.